The average molecular weight is 490 g/mol. The third-order valence-corrected chi connectivity index (χ3v) is 6.63. The topological polar surface area (TPSA) is 49.0 Å². The van der Waals surface area contributed by atoms with E-state index in [1.807, 2.05) is 72.8 Å². The monoisotopic (exact) mass is 489 g/mol. The Balaban J connectivity index is 1.44. The molecule has 0 aromatic heterocycles. The van der Waals surface area contributed by atoms with Crippen LogP contribution in [-0.2, 0) is 0 Å². The highest BCUT2D eigenvalue weighted by molar-refractivity contribution is 5.90. The van der Waals surface area contributed by atoms with E-state index in [-0.39, 0.29) is 0 Å². The number of fused-ring (bicyclic) bond motifs is 2. The Bertz CT molecular complexity index is 1360. The molecule has 1 N–H and O–H groups in total. The van der Waals surface area contributed by atoms with E-state index in [0.29, 0.717) is 23.0 Å². The molecule has 2 unspecified atom stereocenters. The van der Waals surface area contributed by atoms with E-state index in [4.69, 9.17) is 18.9 Å². The third-order valence-electron chi connectivity index (χ3n) is 6.63. The second kappa shape index (κ2) is 9.88. The number of rotatable bonds is 6. The minimum Gasteiger partial charge on any atom is -0.493 e. The maximum Gasteiger partial charge on any atom is 0.180 e. The predicted octanol–water partition coefficient (Wildman–Crippen LogP) is 6.51. The summed E-state index contributed by atoms with van der Waals surface area (Å²) < 4.78 is 24.5. The van der Waals surface area contributed by atoms with Crippen LogP contribution >= 0.6 is 0 Å². The highest BCUT2D eigenvalue weighted by Crippen LogP contribution is 2.43. The molecule has 2 atom stereocenters. The molecule has 2 aliphatic heterocycles. The zero-order valence-corrected chi connectivity index (χ0v) is 20.7. The van der Waals surface area contributed by atoms with Gasteiger partial charge in [0.2, 0.25) is 0 Å². The first kappa shape index (κ1) is 23.0. The van der Waals surface area contributed by atoms with Crippen molar-refractivity contribution < 1.29 is 18.9 Å². The molecule has 0 saturated carbocycles. The molecule has 4 aromatic carbocycles. The number of methoxy groups -OCH3 is 2. The highest BCUT2D eigenvalue weighted by atomic mass is 16.6. The van der Waals surface area contributed by atoms with Gasteiger partial charge in [-0.15, -0.1) is 0 Å². The van der Waals surface area contributed by atoms with Crippen molar-refractivity contribution in [2.45, 2.75) is 12.5 Å². The highest BCUT2D eigenvalue weighted by Gasteiger charge is 2.33. The average Bonchev–Trinajstić information content (AvgIpc) is 2.96. The summed E-state index contributed by atoms with van der Waals surface area (Å²) in [5.41, 5.74) is 6.06. The van der Waals surface area contributed by atoms with E-state index in [2.05, 4.69) is 41.7 Å². The van der Waals surface area contributed by atoms with Gasteiger partial charge in [0.05, 0.1) is 14.2 Å². The Hall–Kier alpha value is -4.48. The summed E-state index contributed by atoms with van der Waals surface area (Å²) in [5, 5.41) is 3.65. The molecule has 4 aromatic rings. The van der Waals surface area contributed by atoms with Crippen molar-refractivity contribution in [3.63, 3.8) is 0 Å². The number of nitrogens with one attached hydrogen (secondary N) is 1. The number of benzene rings is 4. The van der Waals surface area contributed by atoms with Crippen LogP contribution in [0.25, 0.3) is 23.3 Å². The summed E-state index contributed by atoms with van der Waals surface area (Å²) in [7, 11) is 3.31. The van der Waals surface area contributed by atoms with E-state index in [0.717, 1.165) is 33.4 Å². The van der Waals surface area contributed by atoms with Crippen molar-refractivity contribution >= 4 is 23.3 Å². The van der Waals surface area contributed by atoms with Crippen molar-refractivity contribution in [2.24, 2.45) is 0 Å². The van der Waals surface area contributed by atoms with Gasteiger partial charge in [0.25, 0.3) is 0 Å². The van der Waals surface area contributed by atoms with Crippen molar-refractivity contribution in [1.29, 1.82) is 0 Å². The number of ether oxygens (including phenoxy) is 4. The maximum atomic E-state index is 6.61. The Morgan fingerprint density at radius 2 is 0.973 bits per heavy atom. The maximum absolute atomic E-state index is 6.61. The van der Waals surface area contributed by atoms with E-state index in [1.54, 1.807) is 14.2 Å². The molecule has 0 amide bonds. The normalized spacial score (nSPS) is 17.8. The molecule has 0 spiro atoms. The van der Waals surface area contributed by atoms with Gasteiger partial charge < -0.3 is 18.9 Å². The summed E-state index contributed by atoms with van der Waals surface area (Å²) in [6, 6.07) is 32.3. The van der Waals surface area contributed by atoms with Crippen LogP contribution in [0, 0.1) is 0 Å². The first-order chi connectivity index (χ1) is 18.2. The molecule has 37 heavy (non-hydrogen) atoms. The van der Waals surface area contributed by atoms with Gasteiger partial charge in [-0.2, -0.15) is 0 Å². The van der Waals surface area contributed by atoms with E-state index in [1.165, 1.54) is 0 Å². The minimum atomic E-state index is -0.500. The summed E-state index contributed by atoms with van der Waals surface area (Å²) in [5.74, 6) is 2.76. The summed E-state index contributed by atoms with van der Waals surface area (Å²) in [6.45, 7) is 0. The molecule has 2 aliphatic rings. The van der Waals surface area contributed by atoms with Crippen molar-refractivity contribution in [2.75, 3.05) is 14.2 Å². The van der Waals surface area contributed by atoms with Crippen molar-refractivity contribution in [3.8, 4) is 23.0 Å². The summed E-state index contributed by atoms with van der Waals surface area (Å²) >= 11 is 0. The first-order valence-corrected chi connectivity index (χ1v) is 12.2. The van der Waals surface area contributed by atoms with Gasteiger partial charge in [-0.1, -0.05) is 84.9 Å². The van der Waals surface area contributed by atoms with Gasteiger partial charge in [-0.05, 0) is 35.4 Å². The fourth-order valence-electron chi connectivity index (χ4n) is 4.83. The van der Waals surface area contributed by atoms with Gasteiger partial charge in [-0.3, -0.25) is 0 Å². The molecule has 6 rings (SSSR count). The SMILES string of the molecule is COc1cccc2c1OC(NC1Oc3c(cccc3OC)C=C1c1ccccc1)C(c1ccccc1)=C2. The van der Waals surface area contributed by atoms with Gasteiger partial charge in [0, 0.05) is 22.3 Å². The molecule has 0 saturated heterocycles. The molecule has 2 heterocycles. The van der Waals surface area contributed by atoms with E-state index < -0.39 is 12.5 Å². The van der Waals surface area contributed by atoms with Crippen LogP contribution in [0.2, 0.25) is 0 Å². The van der Waals surface area contributed by atoms with Gasteiger partial charge in [-0.25, -0.2) is 5.32 Å². The number of para-hydroxylation sites is 2. The molecule has 5 nitrogen and oxygen atoms in total. The standard InChI is InChI=1S/C32H27NO4/c1-34-27-17-9-15-23-19-25(21-11-5-3-6-12-21)31(36-29(23)27)33-32-26(22-13-7-4-8-14-22)20-24-16-10-18-28(35-2)30(24)37-32/h3-20,31-33H,1-2H3. The lowest BCUT2D eigenvalue weighted by Gasteiger charge is -2.35. The minimum absolute atomic E-state index is 0.500. The van der Waals surface area contributed by atoms with E-state index in [9.17, 15) is 0 Å². The smallest absolute Gasteiger partial charge is 0.180 e. The third kappa shape index (κ3) is 4.34. The van der Waals surface area contributed by atoms with E-state index >= 15 is 0 Å². The molecule has 0 aliphatic carbocycles. The molecular weight excluding hydrogens is 462 g/mol. The number of hydrogen-bond donors (Lipinski definition) is 1. The quantitative estimate of drug-likeness (QED) is 0.335. The Kier molecular flexibility index (Phi) is 6.13. The van der Waals surface area contributed by atoms with Crippen LogP contribution < -0.4 is 24.3 Å². The molecular formula is C32H27NO4. The van der Waals surface area contributed by atoms with Crippen LogP contribution in [0.1, 0.15) is 22.3 Å². The zero-order valence-electron chi connectivity index (χ0n) is 20.7. The molecule has 184 valence electrons. The van der Waals surface area contributed by atoms with Crippen molar-refractivity contribution in [1.82, 2.24) is 5.32 Å². The lowest BCUT2D eigenvalue weighted by Crippen LogP contribution is -2.47. The summed E-state index contributed by atoms with van der Waals surface area (Å²) in [4.78, 5) is 0. The first-order valence-electron chi connectivity index (χ1n) is 12.2. The fraction of sp³-hybridized carbons (Fsp3) is 0.125. The molecule has 0 fully saturated rings. The second-order valence-electron chi connectivity index (χ2n) is 8.85. The Morgan fingerprint density at radius 1 is 0.541 bits per heavy atom. The van der Waals surface area contributed by atoms with Crippen LogP contribution in [0.3, 0.4) is 0 Å². The van der Waals surface area contributed by atoms with Crippen LogP contribution in [0.15, 0.2) is 97.1 Å². The molecule has 5 heteroatoms. The molecule has 0 radical (unpaired) electrons. The Morgan fingerprint density at radius 3 is 1.38 bits per heavy atom. The second-order valence-corrected chi connectivity index (χ2v) is 8.85. The molecule has 0 bridgehead atoms. The van der Waals surface area contributed by atoms with Gasteiger partial charge in [0.1, 0.15) is 0 Å². The summed E-state index contributed by atoms with van der Waals surface area (Å²) in [6.07, 6.45) is 3.30. The Labute approximate surface area is 216 Å². The largest absolute Gasteiger partial charge is 0.493 e. The van der Waals surface area contributed by atoms with Crippen molar-refractivity contribution in [3.05, 3.63) is 119 Å². The van der Waals surface area contributed by atoms with Crippen LogP contribution in [-0.4, -0.2) is 26.7 Å². The lowest BCUT2D eigenvalue weighted by atomic mass is 9.96. The zero-order chi connectivity index (χ0) is 25.2. The van der Waals surface area contributed by atoms with Crippen LogP contribution in [0.5, 0.6) is 23.0 Å². The lowest BCUT2D eigenvalue weighted by molar-refractivity contribution is 0.126. The number of hydrogen-bond acceptors (Lipinski definition) is 5. The predicted molar refractivity (Wildman–Crippen MR) is 147 cm³/mol. The van der Waals surface area contributed by atoms with Gasteiger partial charge >= 0.3 is 0 Å². The fourth-order valence-corrected chi connectivity index (χ4v) is 4.83. The van der Waals surface area contributed by atoms with Gasteiger partial charge in [0.15, 0.2) is 35.5 Å². The van der Waals surface area contributed by atoms with Crippen LogP contribution in [0.4, 0.5) is 0 Å².